The van der Waals surface area contributed by atoms with Crippen LogP contribution in [0.3, 0.4) is 0 Å². The van der Waals surface area contributed by atoms with Gasteiger partial charge in [-0.1, -0.05) is 79.5 Å². The van der Waals surface area contributed by atoms with Crippen LogP contribution in [0.15, 0.2) is 53.1 Å². The molecule has 1 aromatic heterocycles. The van der Waals surface area contributed by atoms with E-state index in [0.29, 0.717) is 23.3 Å². The van der Waals surface area contributed by atoms with Crippen LogP contribution in [0, 0.1) is 12.8 Å². The summed E-state index contributed by atoms with van der Waals surface area (Å²) in [5.74, 6) is 0.689. The molecule has 3 aromatic rings. The fourth-order valence-corrected chi connectivity index (χ4v) is 3.13. The van der Waals surface area contributed by atoms with Gasteiger partial charge in [0.1, 0.15) is 12.6 Å². The largest absolute Gasteiger partial charge is 0.367 e. The molecule has 0 aliphatic carbocycles. The van der Waals surface area contributed by atoms with E-state index >= 15 is 0 Å². The van der Waals surface area contributed by atoms with E-state index in [1.807, 2.05) is 63.2 Å². The number of rotatable bonds is 9. The Morgan fingerprint density at radius 2 is 2.00 bits per heavy atom. The molecule has 1 N–H and O–H groups in total. The lowest BCUT2D eigenvalue weighted by Crippen LogP contribution is -2.35. The first-order chi connectivity index (χ1) is 14.5. The highest BCUT2D eigenvalue weighted by atomic mass is 35.5. The fourth-order valence-electron chi connectivity index (χ4n) is 2.94. The van der Waals surface area contributed by atoms with Gasteiger partial charge in [-0.25, -0.2) is 0 Å². The molecule has 7 heteroatoms. The van der Waals surface area contributed by atoms with Crippen molar-refractivity contribution in [2.75, 3.05) is 6.61 Å². The Bertz CT molecular complexity index is 975. The molecule has 0 spiro atoms. The van der Waals surface area contributed by atoms with Crippen LogP contribution in [0.4, 0.5) is 0 Å². The van der Waals surface area contributed by atoms with E-state index in [1.54, 1.807) is 6.07 Å². The van der Waals surface area contributed by atoms with E-state index < -0.39 is 6.04 Å². The first kappa shape index (κ1) is 22.0. The average Bonchev–Trinajstić information content (AvgIpc) is 3.24. The molecular weight excluding hydrogens is 402 g/mol. The highest BCUT2D eigenvalue weighted by Crippen LogP contribution is 2.27. The molecule has 0 unspecified atom stereocenters. The lowest BCUT2D eigenvalue weighted by molar-refractivity contribution is -0.127. The maximum absolute atomic E-state index is 12.5. The van der Waals surface area contributed by atoms with Gasteiger partial charge in [0.15, 0.2) is 0 Å². The molecule has 6 nitrogen and oxygen atoms in total. The molecule has 0 saturated carbocycles. The molecule has 0 bridgehead atoms. The van der Waals surface area contributed by atoms with Gasteiger partial charge in [-0.3, -0.25) is 4.79 Å². The van der Waals surface area contributed by atoms with E-state index in [2.05, 4.69) is 15.5 Å². The Balaban J connectivity index is 1.66. The lowest BCUT2D eigenvalue weighted by Gasteiger charge is -2.20. The maximum atomic E-state index is 12.5. The minimum atomic E-state index is -0.398. The zero-order valence-corrected chi connectivity index (χ0v) is 18.1. The van der Waals surface area contributed by atoms with Gasteiger partial charge >= 0.3 is 0 Å². The normalized spacial score (nSPS) is 13.1. The summed E-state index contributed by atoms with van der Waals surface area (Å²) in [6.45, 7) is 6.34. The maximum Gasteiger partial charge on any atom is 0.249 e. The Labute approximate surface area is 181 Å². The van der Waals surface area contributed by atoms with Crippen LogP contribution in [-0.2, 0) is 16.1 Å². The van der Waals surface area contributed by atoms with E-state index in [9.17, 15) is 4.79 Å². The summed E-state index contributed by atoms with van der Waals surface area (Å²) in [7, 11) is 0. The van der Waals surface area contributed by atoms with Crippen molar-refractivity contribution in [2.24, 2.45) is 5.92 Å². The van der Waals surface area contributed by atoms with Crippen molar-refractivity contribution in [3.8, 4) is 11.4 Å². The predicted octanol–water partition coefficient (Wildman–Crippen LogP) is 5.12. The van der Waals surface area contributed by atoms with Gasteiger partial charge in [0.2, 0.25) is 17.6 Å². The Morgan fingerprint density at radius 1 is 1.23 bits per heavy atom. The van der Waals surface area contributed by atoms with Crippen molar-refractivity contribution in [3.63, 3.8) is 0 Å². The quantitative estimate of drug-likeness (QED) is 0.512. The third-order valence-electron chi connectivity index (χ3n) is 5.01. The number of halogens is 1. The fraction of sp³-hybridized carbons (Fsp3) is 0.348. The highest BCUT2D eigenvalue weighted by molar-refractivity contribution is 6.31. The number of benzene rings is 2. The van der Waals surface area contributed by atoms with Crippen molar-refractivity contribution in [2.45, 2.75) is 39.8 Å². The summed E-state index contributed by atoms with van der Waals surface area (Å²) in [4.78, 5) is 17.0. The molecule has 0 radical (unpaired) electrons. The number of nitrogens with zero attached hydrogens (tertiary/aromatic N) is 2. The Kier molecular flexibility index (Phi) is 7.60. The number of aromatic nitrogens is 2. The zero-order valence-electron chi connectivity index (χ0n) is 17.4. The van der Waals surface area contributed by atoms with Crippen LogP contribution in [0.5, 0.6) is 0 Å². The van der Waals surface area contributed by atoms with Crippen molar-refractivity contribution in [1.82, 2.24) is 15.5 Å². The summed E-state index contributed by atoms with van der Waals surface area (Å²) in [6.07, 6.45) is 0.837. The van der Waals surface area contributed by atoms with Gasteiger partial charge in [0, 0.05) is 10.6 Å². The van der Waals surface area contributed by atoms with Gasteiger partial charge < -0.3 is 14.6 Å². The summed E-state index contributed by atoms with van der Waals surface area (Å²) < 4.78 is 11.0. The second-order valence-electron chi connectivity index (χ2n) is 7.33. The highest BCUT2D eigenvalue weighted by Gasteiger charge is 2.26. The summed E-state index contributed by atoms with van der Waals surface area (Å²) >= 11 is 6.21. The molecule has 0 aliphatic heterocycles. The minimum Gasteiger partial charge on any atom is -0.367 e. The summed E-state index contributed by atoms with van der Waals surface area (Å²) in [5.41, 5.74) is 2.76. The van der Waals surface area contributed by atoms with Crippen LogP contribution in [0.2, 0.25) is 5.02 Å². The van der Waals surface area contributed by atoms with Crippen LogP contribution in [0.1, 0.15) is 43.3 Å². The third-order valence-corrected chi connectivity index (χ3v) is 5.42. The smallest absolute Gasteiger partial charge is 0.249 e. The van der Waals surface area contributed by atoms with Gasteiger partial charge in [0.25, 0.3) is 0 Å². The number of hydrogen-bond donors (Lipinski definition) is 1. The first-order valence-corrected chi connectivity index (χ1v) is 10.4. The molecule has 0 saturated heterocycles. The van der Waals surface area contributed by atoms with E-state index in [1.165, 1.54) is 0 Å². The number of carbonyl (C=O) groups is 1. The topological polar surface area (TPSA) is 77.2 Å². The van der Waals surface area contributed by atoms with Crippen molar-refractivity contribution < 1.29 is 14.1 Å². The number of carbonyl (C=O) groups excluding carboxylic acids is 1. The number of nitrogens with one attached hydrogen (secondary N) is 1. The van der Waals surface area contributed by atoms with Crippen molar-refractivity contribution in [1.29, 1.82) is 0 Å². The number of hydrogen-bond acceptors (Lipinski definition) is 5. The average molecular weight is 428 g/mol. The first-order valence-electron chi connectivity index (χ1n) is 9.99. The molecule has 0 fully saturated rings. The number of ether oxygens (including phenoxy) is 1. The molecule has 1 heterocycles. The predicted molar refractivity (Wildman–Crippen MR) is 116 cm³/mol. The number of amides is 1. The third kappa shape index (κ3) is 5.68. The summed E-state index contributed by atoms with van der Waals surface area (Å²) in [6, 6.07) is 14.9. The van der Waals surface area contributed by atoms with Crippen LogP contribution in [0.25, 0.3) is 11.4 Å². The van der Waals surface area contributed by atoms with Crippen LogP contribution < -0.4 is 5.32 Å². The minimum absolute atomic E-state index is 0.0452. The summed E-state index contributed by atoms with van der Waals surface area (Å²) in [5, 5.41) is 7.69. The van der Waals surface area contributed by atoms with Crippen LogP contribution >= 0.6 is 11.6 Å². The molecule has 0 aliphatic rings. The molecule has 2 atom stereocenters. The van der Waals surface area contributed by atoms with Gasteiger partial charge in [-0.15, -0.1) is 0 Å². The molecule has 3 rings (SSSR count). The SMILES string of the molecule is CC[C@@H](C)[C@@H](NC(=O)COCc1ccccc1)c1nc(-c2ccc(C)c(Cl)c2)no1. The van der Waals surface area contributed by atoms with E-state index in [0.717, 1.165) is 23.1 Å². The van der Waals surface area contributed by atoms with Gasteiger partial charge in [-0.05, 0) is 30.0 Å². The monoisotopic (exact) mass is 427 g/mol. The van der Waals surface area contributed by atoms with Crippen LogP contribution in [-0.4, -0.2) is 22.7 Å². The van der Waals surface area contributed by atoms with E-state index in [4.69, 9.17) is 20.9 Å². The van der Waals surface area contributed by atoms with Gasteiger partial charge in [-0.2, -0.15) is 4.98 Å². The second-order valence-corrected chi connectivity index (χ2v) is 7.74. The zero-order chi connectivity index (χ0) is 21.5. The lowest BCUT2D eigenvalue weighted by atomic mass is 9.99. The molecule has 1 amide bonds. The molecule has 158 valence electrons. The Hall–Kier alpha value is -2.70. The molecule has 30 heavy (non-hydrogen) atoms. The van der Waals surface area contributed by atoms with Crippen molar-refractivity contribution >= 4 is 17.5 Å². The molecular formula is C23H26ClN3O3. The number of aryl methyl sites for hydroxylation is 1. The second kappa shape index (κ2) is 10.4. The standard InChI is InChI=1S/C23H26ClN3O3/c1-4-15(2)21(25-20(28)14-29-13-17-8-6-5-7-9-17)23-26-22(27-30-23)18-11-10-16(3)19(24)12-18/h5-12,15,21H,4,13-14H2,1-3H3,(H,25,28)/t15-,21-/m1/s1. The Morgan fingerprint density at radius 3 is 2.70 bits per heavy atom. The van der Waals surface area contributed by atoms with Crippen molar-refractivity contribution in [3.05, 3.63) is 70.6 Å². The molecule has 2 aromatic carbocycles. The van der Waals surface area contributed by atoms with E-state index in [-0.39, 0.29) is 18.4 Å². The van der Waals surface area contributed by atoms with Gasteiger partial charge in [0.05, 0.1) is 6.61 Å².